The van der Waals surface area contributed by atoms with Gasteiger partial charge >= 0.3 is 0 Å². The standard InChI is InChI=1S/C8H10F2N2O/c1-4-2-5(7(9)10)8(13)12-6(4)3-11/h2,7H,3,11H2,1H3,(H,12,13). The van der Waals surface area contributed by atoms with E-state index in [0.29, 0.717) is 11.3 Å². The Morgan fingerprint density at radius 1 is 1.62 bits per heavy atom. The zero-order chi connectivity index (χ0) is 10.0. The first-order valence-corrected chi connectivity index (χ1v) is 3.77. The van der Waals surface area contributed by atoms with Crippen molar-refractivity contribution in [2.45, 2.75) is 19.9 Å². The molecule has 3 nitrogen and oxygen atoms in total. The highest BCUT2D eigenvalue weighted by molar-refractivity contribution is 5.24. The van der Waals surface area contributed by atoms with Crippen LogP contribution in [-0.2, 0) is 6.54 Å². The van der Waals surface area contributed by atoms with Gasteiger partial charge in [-0.2, -0.15) is 0 Å². The van der Waals surface area contributed by atoms with Crippen LogP contribution >= 0.6 is 0 Å². The monoisotopic (exact) mass is 188 g/mol. The Kier molecular flexibility index (Phi) is 2.77. The van der Waals surface area contributed by atoms with Crippen LogP contribution in [0.4, 0.5) is 8.78 Å². The topological polar surface area (TPSA) is 58.9 Å². The number of aromatic amines is 1. The number of nitrogens with one attached hydrogen (secondary N) is 1. The highest BCUT2D eigenvalue weighted by Crippen LogP contribution is 2.15. The van der Waals surface area contributed by atoms with E-state index in [4.69, 9.17) is 5.73 Å². The van der Waals surface area contributed by atoms with Gasteiger partial charge in [-0.1, -0.05) is 0 Å². The fraction of sp³-hybridized carbons (Fsp3) is 0.375. The van der Waals surface area contributed by atoms with E-state index in [0.717, 1.165) is 0 Å². The van der Waals surface area contributed by atoms with Crippen LogP contribution in [-0.4, -0.2) is 4.98 Å². The van der Waals surface area contributed by atoms with Crippen LogP contribution in [0.25, 0.3) is 0 Å². The lowest BCUT2D eigenvalue weighted by atomic mass is 10.1. The first-order chi connectivity index (χ1) is 6.06. The Hall–Kier alpha value is -1.23. The quantitative estimate of drug-likeness (QED) is 0.729. The fourth-order valence-electron chi connectivity index (χ4n) is 1.07. The number of hydrogen-bond acceptors (Lipinski definition) is 2. The van der Waals surface area contributed by atoms with Crippen molar-refractivity contribution in [1.29, 1.82) is 0 Å². The summed E-state index contributed by atoms with van der Waals surface area (Å²) in [6, 6.07) is 1.17. The summed E-state index contributed by atoms with van der Waals surface area (Å²) in [5.74, 6) is 0. The molecule has 0 bridgehead atoms. The summed E-state index contributed by atoms with van der Waals surface area (Å²) in [6.45, 7) is 1.77. The van der Waals surface area contributed by atoms with E-state index in [2.05, 4.69) is 4.98 Å². The Morgan fingerprint density at radius 2 is 2.23 bits per heavy atom. The Balaban J connectivity index is 3.29. The van der Waals surface area contributed by atoms with E-state index in [-0.39, 0.29) is 6.54 Å². The normalized spacial score (nSPS) is 10.8. The number of pyridine rings is 1. The van der Waals surface area contributed by atoms with Gasteiger partial charge in [0.05, 0.1) is 5.56 Å². The van der Waals surface area contributed by atoms with Crippen LogP contribution in [0.2, 0.25) is 0 Å². The van der Waals surface area contributed by atoms with Gasteiger partial charge in [0.1, 0.15) is 0 Å². The van der Waals surface area contributed by atoms with Crippen molar-refractivity contribution in [1.82, 2.24) is 4.98 Å². The number of aromatic nitrogens is 1. The summed E-state index contributed by atoms with van der Waals surface area (Å²) < 4.78 is 24.4. The number of alkyl halides is 2. The molecule has 1 heterocycles. The molecule has 0 aliphatic heterocycles. The molecule has 0 aliphatic rings. The van der Waals surface area contributed by atoms with Crippen molar-refractivity contribution in [3.05, 3.63) is 33.2 Å². The number of aryl methyl sites for hydroxylation is 1. The summed E-state index contributed by atoms with van der Waals surface area (Å²) in [5, 5.41) is 0. The molecule has 0 saturated heterocycles. The largest absolute Gasteiger partial charge is 0.325 e. The molecule has 72 valence electrons. The number of halogens is 2. The van der Waals surface area contributed by atoms with E-state index in [1.165, 1.54) is 6.07 Å². The first kappa shape index (κ1) is 9.85. The molecule has 1 rings (SSSR count). The zero-order valence-corrected chi connectivity index (χ0v) is 7.10. The summed E-state index contributed by atoms with van der Waals surface area (Å²) in [7, 11) is 0. The minimum Gasteiger partial charge on any atom is -0.325 e. The lowest BCUT2D eigenvalue weighted by Gasteiger charge is -2.04. The van der Waals surface area contributed by atoms with Crippen molar-refractivity contribution < 1.29 is 8.78 Å². The number of rotatable bonds is 2. The zero-order valence-electron chi connectivity index (χ0n) is 7.10. The van der Waals surface area contributed by atoms with E-state index in [1.54, 1.807) is 6.92 Å². The SMILES string of the molecule is Cc1cc(C(F)F)c(=O)[nH]c1CN. The molecule has 1 aromatic heterocycles. The third kappa shape index (κ3) is 1.92. The summed E-state index contributed by atoms with van der Waals surface area (Å²) in [4.78, 5) is 13.3. The third-order valence-corrected chi connectivity index (χ3v) is 1.81. The van der Waals surface area contributed by atoms with Gasteiger partial charge in [-0.25, -0.2) is 8.78 Å². The molecule has 0 atom stereocenters. The van der Waals surface area contributed by atoms with Gasteiger partial charge in [-0.05, 0) is 18.6 Å². The molecular weight excluding hydrogens is 178 g/mol. The number of H-pyrrole nitrogens is 1. The number of hydrogen-bond donors (Lipinski definition) is 2. The Labute approximate surface area is 73.6 Å². The molecule has 1 aromatic rings. The molecule has 0 saturated carbocycles. The molecule has 0 aliphatic carbocycles. The van der Waals surface area contributed by atoms with Crippen LogP contribution in [0.15, 0.2) is 10.9 Å². The van der Waals surface area contributed by atoms with Crippen molar-refractivity contribution >= 4 is 0 Å². The maximum absolute atomic E-state index is 12.2. The van der Waals surface area contributed by atoms with Crippen molar-refractivity contribution in [3.8, 4) is 0 Å². The van der Waals surface area contributed by atoms with Crippen molar-refractivity contribution in [2.75, 3.05) is 0 Å². The summed E-state index contributed by atoms with van der Waals surface area (Å²) in [6.07, 6.45) is -2.74. The van der Waals surface area contributed by atoms with Gasteiger partial charge in [0.15, 0.2) is 0 Å². The van der Waals surface area contributed by atoms with Crippen LogP contribution in [0, 0.1) is 6.92 Å². The molecule has 0 fully saturated rings. The van der Waals surface area contributed by atoms with Crippen molar-refractivity contribution in [3.63, 3.8) is 0 Å². The van der Waals surface area contributed by atoms with E-state index in [1.807, 2.05) is 0 Å². The van der Waals surface area contributed by atoms with Crippen molar-refractivity contribution in [2.24, 2.45) is 5.73 Å². The minimum atomic E-state index is -2.74. The highest BCUT2D eigenvalue weighted by Gasteiger charge is 2.13. The predicted molar refractivity (Wildman–Crippen MR) is 44.6 cm³/mol. The lowest BCUT2D eigenvalue weighted by Crippen LogP contribution is -2.18. The molecule has 3 N–H and O–H groups in total. The predicted octanol–water partition coefficient (Wildman–Crippen LogP) is 1.08. The molecule has 5 heteroatoms. The molecule has 0 radical (unpaired) electrons. The van der Waals surface area contributed by atoms with E-state index >= 15 is 0 Å². The molecular formula is C8H10F2N2O. The van der Waals surface area contributed by atoms with Gasteiger partial charge in [0.2, 0.25) is 0 Å². The van der Waals surface area contributed by atoms with Gasteiger partial charge < -0.3 is 10.7 Å². The van der Waals surface area contributed by atoms with Crippen LogP contribution < -0.4 is 11.3 Å². The summed E-state index contributed by atoms with van der Waals surface area (Å²) in [5.41, 5.74) is 5.10. The van der Waals surface area contributed by atoms with Gasteiger partial charge in [-0.3, -0.25) is 4.79 Å². The van der Waals surface area contributed by atoms with Crippen LogP contribution in [0.5, 0.6) is 0 Å². The first-order valence-electron chi connectivity index (χ1n) is 3.77. The fourth-order valence-corrected chi connectivity index (χ4v) is 1.07. The lowest BCUT2D eigenvalue weighted by molar-refractivity contribution is 0.149. The van der Waals surface area contributed by atoms with E-state index in [9.17, 15) is 13.6 Å². The Morgan fingerprint density at radius 3 is 2.69 bits per heavy atom. The highest BCUT2D eigenvalue weighted by atomic mass is 19.3. The second-order valence-corrected chi connectivity index (χ2v) is 2.72. The van der Waals surface area contributed by atoms with Gasteiger partial charge in [-0.15, -0.1) is 0 Å². The molecule has 0 spiro atoms. The van der Waals surface area contributed by atoms with Crippen LogP contribution in [0.3, 0.4) is 0 Å². The third-order valence-electron chi connectivity index (χ3n) is 1.81. The van der Waals surface area contributed by atoms with Gasteiger partial charge in [0, 0.05) is 12.2 Å². The molecule has 13 heavy (non-hydrogen) atoms. The van der Waals surface area contributed by atoms with Gasteiger partial charge in [0.25, 0.3) is 12.0 Å². The second-order valence-electron chi connectivity index (χ2n) is 2.72. The maximum Gasteiger partial charge on any atom is 0.269 e. The molecule has 0 unspecified atom stereocenters. The molecule has 0 aromatic carbocycles. The van der Waals surface area contributed by atoms with E-state index < -0.39 is 17.5 Å². The second kappa shape index (κ2) is 3.66. The number of nitrogens with two attached hydrogens (primary N) is 1. The Bertz CT molecular complexity index is 360. The average Bonchev–Trinajstić information content (AvgIpc) is 2.07. The maximum atomic E-state index is 12.2. The summed E-state index contributed by atoms with van der Waals surface area (Å²) >= 11 is 0. The smallest absolute Gasteiger partial charge is 0.269 e. The average molecular weight is 188 g/mol. The molecule has 0 amide bonds. The van der Waals surface area contributed by atoms with Crippen LogP contribution in [0.1, 0.15) is 23.2 Å². The minimum absolute atomic E-state index is 0.143.